The summed E-state index contributed by atoms with van der Waals surface area (Å²) in [6.45, 7) is 0. The van der Waals surface area contributed by atoms with Crippen molar-refractivity contribution >= 4 is 61.4 Å². The zero-order valence-corrected chi connectivity index (χ0v) is 16.1. The van der Waals surface area contributed by atoms with Crippen LogP contribution in [0.4, 0.5) is 0 Å². The summed E-state index contributed by atoms with van der Waals surface area (Å²) in [5.41, 5.74) is 3.83. The van der Waals surface area contributed by atoms with Gasteiger partial charge in [-0.2, -0.15) is 5.10 Å². The molecule has 120 valence electrons. The van der Waals surface area contributed by atoms with Crippen LogP contribution in [0.2, 0.25) is 0 Å². The normalized spacial score (nSPS) is 11.1. The van der Waals surface area contributed by atoms with E-state index in [2.05, 4.69) is 26.5 Å². The van der Waals surface area contributed by atoms with E-state index in [1.807, 2.05) is 59.0 Å². The van der Waals surface area contributed by atoms with Gasteiger partial charge in [-0.25, -0.2) is 5.43 Å². The van der Waals surface area contributed by atoms with Crippen molar-refractivity contribution in [3.8, 4) is 5.75 Å². The molecule has 0 aliphatic carbocycles. The number of amides is 1. The highest BCUT2D eigenvalue weighted by atomic mass is 127. The number of hydrogen-bond acceptors (Lipinski definition) is 3. The Bertz CT molecular complexity index is 934. The number of fused-ring (bicyclic) bond motifs is 1. The van der Waals surface area contributed by atoms with Crippen molar-refractivity contribution in [1.29, 1.82) is 0 Å². The number of phenols is 1. The predicted molar refractivity (Wildman–Crippen MR) is 108 cm³/mol. The molecule has 0 unspecified atom stereocenters. The molecule has 0 saturated carbocycles. The minimum absolute atomic E-state index is 0.188. The molecule has 0 atom stereocenters. The third kappa shape index (κ3) is 3.76. The fraction of sp³-hybridized carbons (Fsp3) is 0. The van der Waals surface area contributed by atoms with Gasteiger partial charge in [0.15, 0.2) is 0 Å². The molecule has 3 aromatic carbocycles. The predicted octanol–water partition coefficient (Wildman–Crippen LogP) is 4.68. The van der Waals surface area contributed by atoms with E-state index in [0.717, 1.165) is 16.3 Å². The van der Waals surface area contributed by atoms with Crippen LogP contribution in [0.1, 0.15) is 15.9 Å². The molecule has 0 bridgehead atoms. The highest BCUT2D eigenvalue weighted by Gasteiger charge is 2.06. The Morgan fingerprint density at radius 2 is 1.88 bits per heavy atom. The lowest BCUT2D eigenvalue weighted by atomic mass is 10.1. The van der Waals surface area contributed by atoms with Crippen LogP contribution in [-0.4, -0.2) is 17.2 Å². The molecule has 0 aliphatic rings. The van der Waals surface area contributed by atoms with Gasteiger partial charge in [-0.3, -0.25) is 4.79 Å². The van der Waals surface area contributed by atoms with Crippen molar-refractivity contribution in [2.45, 2.75) is 0 Å². The third-order valence-electron chi connectivity index (χ3n) is 3.43. The quantitative estimate of drug-likeness (QED) is 0.315. The number of nitrogens with zero attached hydrogens (tertiary/aromatic N) is 1. The fourth-order valence-corrected chi connectivity index (χ4v) is 3.72. The number of benzene rings is 3. The van der Waals surface area contributed by atoms with Crippen LogP contribution < -0.4 is 5.43 Å². The number of hydrazone groups is 1. The Labute approximate surface area is 160 Å². The van der Waals surface area contributed by atoms with Gasteiger partial charge in [0.1, 0.15) is 5.75 Å². The molecule has 0 aromatic heterocycles. The van der Waals surface area contributed by atoms with Crippen LogP contribution in [0.25, 0.3) is 10.8 Å². The fourth-order valence-electron chi connectivity index (χ4n) is 2.22. The molecule has 4 nitrogen and oxygen atoms in total. The zero-order chi connectivity index (χ0) is 17.1. The molecule has 0 radical (unpaired) electrons. The lowest BCUT2D eigenvalue weighted by Gasteiger charge is -2.03. The second kappa shape index (κ2) is 7.31. The van der Waals surface area contributed by atoms with Gasteiger partial charge >= 0.3 is 0 Å². The van der Waals surface area contributed by atoms with Crippen LogP contribution >= 0.6 is 38.5 Å². The molecule has 0 spiro atoms. The highest BCUT2D eigenvalue weighted by Crippen LogP contribution is 2.29. The molecule has 24 heavy (non-hydrogen) atoms. The summed E-state index contributed by atoms with van der Waals surface area (Å²) in [6.07, 6.45) is 1.53. The number of phenolic OH excluding ortho intramolecular Hbond substituents is 1. The standard InChI is InChI=1S/C18H12BrIN2O2/c19-15-7-11(8-16(20)17(15)23)10-21-22-18(24)14-6-5-12-3-1-2-4-13(12)9-14/h1-10,23H,(H,22,24)/b21-10-. The zero-order valence-electron chi connectivity index (χ0n) is 12.3. The summed E-state index contributed by atoms with van der Waals surface area (Å²) < 4.78 is 1.28. The van der Waals surface area contributed by atoms with Crippen molar-refractivity contribution < 1.29 is 9.90 Å². The average molecular weight is 495 g/mol. The topological polar surface area (TPSA) is 61.7 Å². The maximum Gasteiger partial charge on any atom is 0.271 e. The van der Waals surface area contributed by atoms with E-state index in [0.29, 0.717) is 13.6 Å². The SMILES string of the molecule is O=C(N/N=C\c1cc(Br)c(O)c(I)c1)c1ccc2ccccc2c1. The molecule has 0 heterocycles. The van der Waals surface area contributed by atoms with Crippen LogP contribution in [-0.2, 0) is 0 Å². The van der Waals surface area contributed by atoms with Crippen molar-refractivity contribution in [3.63, 3.8) is 0 Å². The molecule has 6 heteroatoms. The maximum absolute atomic E-state index is 12.2. The molecule has 3 aromatic rings. The first-order chi connectivity index (χ1) is 11.5. The second-order valence-corrected chi connectivity index (χ2v) is 7.11. The van der Waals surface area contributed by atoms with Crippen molar-refractivity contribution in [2.75, 3.05) is 0 Å². The second-order valence-electron chi connectivity index (χ2n) is 5.09. The minimum Gasteiger partial charge on any atom is -0.506 e. The first kappa shape index (κ1) is 16.9. The van der Waals surface area contributed by atoms with E-state index < -0.39 is 0 Å². The van der Waals surface area contributed by atoms with Gasteiger partial charge in [-0.1, -0.05) is 30.3 Å². The molecule has 2 N–H and O–H groups in total. The van der Waals surface area contributed by atoms with Gasteiger partial charge in [0.2, 0.25) is 0 Å². The molecule has 1 amide bonds. The first-order valence-corrected chi connectivity index (χ1v) is 8.92. The third-order valence-corrected chi connectivity index (χ3v) is 4.86. The van der Waals surface area contributed by atoms with Crippen LogP contribution in [0.5, 0.6) is 5.75 Å². The summed E-state index contributed by atoms with van der Waals surface area (Å²) in [7, 11) is 0. The Hall–Kier alpha value is -1.93. The van der Waals surface area contributed by atoms with Crippen molar-refractivity contribution in [3.05, 3.63) is 73.8 Å². The van der Waals surface area contributed by atoms with E-state index in [1.54, 1.807) is 18.2 Å². The van der Waals surface area contributed by atoms with Gasteiger partial charge in [0.25, 0.3) is 5.91 Å². The molecular formula is C18H12BrIN2O2. The van der Waals surface area contributed by atoms with Gasteiger partial charge in [0.05, 0.1) is 14.3 Å². The largest absolute Gasteiger partial charge is 0.506 e. The number of rotatable bonds is 3. The van der Waals surface area contributed by atoms with Crippen molar-refractivity contribution in [1.82, 2.24) is 5.43 Å². The molecule has 3 rings (SSSR count). The van der Waals surface area contributed by atoms with Gasteiger partial charge < -0.3 is 5.11 Å². The Morgan fingerprint density at radius 1 is 1.12 bits per heavy atom. The van der Waals surface area contributed by atoms with Crippen LogP contribution in [0.3, 0.4) is 0 Å². The first-order valence-electron chi connectivity index (χ1n) is 7.05. The Kier molecular flexibility index (Phi) is 5.15. The minimum atomic E-state index is -0.274. The number of halogens is 2. The summed E-state index contributed by atoms with van der Waals surface area (Å²) in [5.74, 6) is -0.0857. The maximum atomic E-state index is 12.2. The average Bonchev–Trinajstić information content (AvgIpc) is 2.59. The number of hydrogen-bond donors (Lipinski definition) is 2. The molecule has 0 saturated heterocycles. The number of aromatic hydroxyl groups is 1. The van der Waals surface area contributed by atoms with Crippen LogP contribution in [0, 0.1) is 3.57 Å². The highest BCUT2D eigenvalue weighted by molar-refractivity contribution is 14.1. The lowest BCUT2D eigenvalue weighted by Crippen LogP contribution is -2.17. The summed E-state index contributed by atoms with van der Waals surface area (Å²) in [4.78, 5) is 12.2. The summed E-state index contributed by atoms with van der Waals surface area (Å²) in [5, 5.41) is 15.8. The van der Waals surface area contributed by atoms with E-state index in [4.69, 9.17) is 0 Å². The summed E-state index contributed by atoms with van der Waals surface area (Å²) in [6, 6.07) is 16.9. The van der Waals surface area contributed by atoms with Gasteiger partial charge in [0, 0.05) is 5.56 Å². The van der Waals surface area contributed by atoms with E-state index in [-0.39, 0.29) is 11.7 Å². The van der Waals surface area contributed by atoms with Crippen molar-refractivity contribution in [2.24, 2.45) is 5.10 Å². The number of carbonyl (C=O) groups excluding carboxylic acids is 1. The number of nitrogens with one attached hydrogen (secondary N) is 1. The Balaban J connectivity index is 1.74. The smallest absolute Gasteiger partial charge is 0.271 e. The van der Waals surface area contributed by atoms with E-state index in [1.165, 1.54) is 6.21 Å². The Morgan fingerprint density at radius 3 is 2.62 bits per heavy atom. The molecule has 0 aliphatic heterocycles. The monoisotopic (exact) mass is 494 g/mol. The van der Waals surface area contributed by atoms with E-state index >= 15 is 0 Å². The van der Waals surface area contributed by atoms with Gasteiger partial charge in [-0.05, 0) is 79.1 Å². The van der Waals surface area contributed by atoms with Gasteiger partial charge in [-0.15, -0.1) is 0 Å². The summed E-state index contributed by atoms with van der Waals surface area (Å²) >= 11 is 5.30. The van der Waals surface area contributed by atoms with E-state index in [9.17, 15) is 9.90 Å². The number of carbonyl (C=O) groups is 1. The van der Waals surface area contributed by atoms with Crippen LogP contribution in [0.15, 0.2) is 64.2 Å². The molecular weight excluding hydrogens is 483 g/mol. The molecule has 0 fully saturated rings. The lowest BCUT2D eigenvalue weighted by molar-refractivity contribution is 0.0955.